The van der Waals surface area contributed by atoms with Crippen LogP contribution in [0.3, 0.4) is 0 Å². The van der Waals surface area contributed by atoms with E-state index in [0.29, 0.717) is 12.6 Å². The summed E-state index contributed by atoms with van der Waals surface area (Å²) in [5.74, 6) is 0.701. The summed E-state index contributed by atoms with van der Waals surface area (Å²) in [6.07, 6.45) is 1.94. The second-order valence-electron chi connectivity index (χ2n) is 5.18. The van der Waals surface area contributed by atoms with E-state index in [4.69, 9.17) is 10.5 Å². The van der Waals surface area contributed by atoms with E-state index in [1.807, 2.05) is 30.3 Å². The smallest absolute Gasteiger partial charge is 0.221 e. The highest BCUT2D eigenvalue weighted by atomic mass is 16.5. The standard InChI is InChI=1S/C15H22N2O2/c1-12-7-8-13(15(16)18)11-17(12)9-10-19-14-5-3-2-4-6-14/h2-6,12-13H,7-11H2,1H3,(H2,16,18). The lowest BCUT2D eigenvalue weighted by molar-refractivity contribution is -0.124. The van der Waals surface area contributed by atoms with Gasteiger partial charge in [0.05, 0.1) is 5.92 Å². The largest absolute Gasteiger partial charge is 0.492 e. The molecular weight excluding hydrogens is 240 g/mol. The molecule has 0 spiro atoms. The first-order chi connectivity index (χ1) is 9.16. The fourth-order valence-electron chi connectivity index (χ4n) is 2.52. The van der Waals surface area contributed by atoms with Gasteiger partial charge in [0.2, 0.25) is 5.91 Å². The molecule has 1 aromatic rings. The average molecular weight is 262 g/mol. The Kier molecular flexibility index (Phi) is 4.80. The van der Waals surface area contributed by atoms with Crippen molar-refractivity contribution < 1.29 is 9.53 Å². The minimum atomic E-state index is -0.180. The van der Waals surface area contributed by atoms with Gasteiger partial charge in [-0.05, 0) is 31.9 Å². The third-order valence-corrected chi connectivity index (χ3v) is 3.80. The van der Waals surface area contributed by atoms with E-state index in [0.717, 1.165) is 31.7 Å². The van der Waals surface area contributed by atoms with Gasteiger partial charge < -0.3 is 10.5 Å². The monoisotopic (exact) mass is 262 g/mol. The quantitative estimate of drug-likeness (QED) is 0.878. The Labute approximate surface area is 114 Å². The minimum Gasteiger partial charge on any atom is -0.492 e. The summed E-state index contributed by atoms with van der Waals surface area (Å²) in [7, 11) is 0. The first-order valence-corrected chi connectivity index (χ1v) is 6.88. The second kappa shape index (κ2) is 6.57. The average Bonchev–Trinajstić information content (AvgIpc) is 2.42. The van der Waals surface area contributed by atoms with Gasteiger partial charge in [0.25, 0.3) is 0 Å². The lowest BCUT2D eigenvalue weighted by atomic mass is 9.93. The molecule has 104 valence electrons. The Morgan fingerprint density at radius 2 is 2.11 bits per heavy atom. The molecule has 2 N–H and O–H groups in total. The maximum atomic E-state index is 11.3. The van der Waals surface area contributed by atoms with Crippen molar-refractivity contribution in [3.63, 3.8) is 0 Å². The molecule has 1 aliphatic heterocycles. The molecular formula is C15H22N2O2. The summed E-state index contributed by atoms with van der Waals surface area (Å²) < 4.78 is 5.69. The van der Waals surface area contributed by atoms with Crippen molar-refractivity contribution in [3.05, 3.63) is 30.3 Å². The molecule has 19 heavy (non-hydrogen) atoms. The molecule has 0 aromatic heterocycles. The summed E-state index contributed by atoms with van der Waals surface area (Å²) in [6.45, 7) is 4.42. The van der Waals surface area contributed by atoms with Crippen LogP contribution in [0.5, 0.6) is 5.75 Å². The fraction of sp³-hybridized carbons (Fsp3) is 0.533. The van der Waals surface area contributed by atoms with E-state index in [1.54, 1.807) is 0 Å². The van der Waals surface area contributed by atoms with Gasteiger partial charge in [-0.1, -0.05) is 18.2 Å². The Morgan fingerprint density at radius 3 is 2.79 bits per heavy atom. The number of primary amides is 1. The van der Waals surface area contributed by atoms with Crippen molar-refractivity contribution in [1.82, 2.24) is 4.90 Å². The number of para-hydroxylation sites is 1. The Balaban J connectivity index is 1.79. The molecule has 4 heteroatoms. The van der Waals surface area contributed by atoms with Gasteiger partial charge in [-0.2, -0.15) is 0 Å². The summed E-state index contributed by atoms with van der Waals surface area (Å²) >= 11 is 0. The van der Waals surface area contributed by atoms with Gasteiger partial charge in [-0.3, -0.25) is 9.69 Å². The molecule has 1 heterocycles. The molecule has 2 atom stereocenters. The number of carbonyl (C=O) groups is 1. The van der Waals surface area contributed by atoms with Crippen LogP contribution in [0, 0.1) is 5.92 Å². The third kappa shape index (κ3) is 3.96. The van der Waals surface area contributed by atoms with E-state index in [1.165, 1.54) is 0 Å². The maximum Gasteiger partial charge on any atom is 0.221 e. The SMILES string of the molecule is CC1CCC(C(N)=O)CN1CCOc1ccccc1. The van der Waals surface area contributed by atoms with Gasteiger partial charge in [-0.25, -0.2) is 0 Å². The number of carbonyl (C=O) groups excluding carboxylic acids is 1. The molecule has 0 saturated carbocycles. The van der Waals surface area contributed by atoms with Crippen molar-refractivity contribution in [2.75, 3.05) is 19.7 Å². The third-order valence-electron chi connectivity index (χ3n) is 3.80. The van der Waals surface area contributed by atoms with Crippen LogP contribution in [0.2, 0.25) is 0 Å². The molecule has 1 saturated heterocycles. The van der Waals surface area contributed by atoms with Gasteiger partial charge in [-0.15, -0.1) is 0 Å². The number of rotatable bonds is 5. The molecule has 2 rings (SSSR count). The van der Waals surface area contributed by atoms with E-state index in [-0.39, 0.29) is 11.8 Å². The van der Waals surface area contributed by atoms with Crippen molar-refractivity contribution in [2.24, 2.45) is 11.7 Å². The molecule has 1 aromatic carbocycles. The fourth-order valence-corrected chi connectivity index (χ4v) is 2.52. The summed E-state index contributed by atoms with van der Waals surface area (Å²) in [4.78, 5) is 13.6. The highest BCUT2D eigenvalue weighted by Gasteiger charge is 2.28. The lowest BCUT2D eigenvalue weighted by Gasteiger charge is -2.36. The van der Waals surface area contributed by atoms with Gasteiger partial charge in [0, 0.05) is 19.1 Å². The number of amides is 1. The molecule has 0 radical (unpaired) electrons. The molecule has 0 aliphatic carbocycles. The number of nitrogens with zero attached hydrogens (tertiary/aromatic N) is 1. The maximum absolute atomic E-state index is 11.3. The Hall–Kier alpha value is -1.55. The molecule has 1 aliphatic rings. The van der Waals surface area contributed by atoms with Gasteiger partial charge in [0.15, 0.2) is 0 Å². The van der Waals surface area contributed by atoms with E-state index in [2.05, 4.69) is 11.8 Å². The summed E-state index contributed by atoms with van der Waals surface area (Å²) in [5.41, 5.74) is 5.40. The number of hydrogen-bond donors (Lipinski definition) is 1. The van der Waals surface area contributed by atoms with Gasteiger partial charge >= 0.3 is 0 Å². The zero-order valence-electron chi connectivity index (χ0n) is 11.4. The minimum absolute atomic E-state index is 0.00655. The van der Waals surface area contributed by atoms with Crippen LogP contribution in [0.15, 0.2) is 30.3 Å². The van der Waals surface area contributed by atoms with Crippen molar-refractivity contribution in [2.45, 2.75) is 25.8 Å². The Bertz CT molecular complexity index is 408. The number of benzene rings is 1. The molecule has 1 fully saturated rings. The number of hydrogen-bond acceptors (Lipinski definition) is 3. The predicted octanol–water partition coefficient (Wildman–Crippen LogP) is 1.65. The molecule has 4 nitrogen and oxygen atoms in total. The van der Waals surface area contributed by atoms with E-state index < -0.39 is 0 Å². The number of likely N-dealkylation sites (tertiary alicyclic amines) is 1. The summed E-state index contributed by atoms with van der Waals surface area (Å²) in [6, 6.07) is 10.3. The Morgan fingerprint density at radius 1 is 1.37 bits per heavy atom. The topological polar surface area (TPSA) is 55.6 Å². The van der Waals surface area contributed by atoms with Crippen LogP contribution in [-0.4, -0.2) is 36.5 Å². The number of ether oxygens (including phenoxy) is 1. The van der Waals surface area contributed by atoms with Crippen LogP contribution in [0.25, 0.3) is 0 Å². The van der Waals surface area contributed by atoms with Crippen LogP contribution in [-0.2, 0) is 4.79 Å². The van der Waals surface area contributed by atoms with Crippen molar-refractivity contribution in [3.8, 4) is 5.75 Å². The normalized spacial score (nSPS) is 24.1. The first-order valence-electron chi connectivity index (χ1n) is 6.88. The van der Waals surface area contributed by atoms with Crippen molar-refractivity contribution >= 4 is 5.91 Å². The first kappa shape index (κ1) is 13.9. The van der Waals surface area contributed by atoms with Crippen LogP contribution < -0.4 is 10.5 Å². The number of nitrogens with two attached hydrogens (primary N) is 1. The van der Waals surface area contributed by atoms with Crippen LogP contribution >= 0.6 is 0 Å². The van der Waals surface area contributed by atoms with Crippen LogP contribution in [0.4, 0.5) is 0 Å². The lowest BCUT2D eigenvalue weighted by Crippen LogP contribution is -2.47. The highest BCUT2D eigenvalue weighted by molar-refractivity contribution is 5.76. The zero-order valence-corrected chi connectivity index (χ0v) is 11.4. The van der Waals surface area contributed by atoms with Crippen molar-refractivity contribution in [1.29, 1.82) is 0 Å². The molecule has 1 amide bonds. The zero-order chi connectivity index (χ0) is 13.7. The predicted molar refractivity (Wildman–Crippen MR) is 74.9 cm³/mol. The summed E-state index contributed by atoms with van der Waals surface area (Å²) in [5, 5.41) is 0. The molecule has 2 unspecified atom stereocenters. The number of piperidine rings is 1. The molecule has 0 bridgehead atoms. The second-order valence-corrected chi connectivity index (χ2v) is 5.18. The van der Waals surface area contributed by atoms with Crippen LogP contribution in [0.1, 0.15) is 19.8 Å². The van der Waals surface area contributed by atoms with E-state index in [9.17, 15) is 4.79 Å². The highest BCUT2D eigenvalue weighted by Crippen LogP contribution is 2.21. The van der Waals surface area contributed by atoms with Gasteiger partial charge in [0.1, 0.15) is 12.4 Å². The van der Waals surface area contributed by atoms with E-state index >= 15 is 0 Å².